The molecule has 5 aromatic heterocycles. The molecule has 0 aliphatic rings. The van der Waals surface area contributed by atoms with E-state index in [-0.39, 0.29) is 10.9 Å². The number of nitrogens with one attached hydrogen (secondary N) is 2. The van der Waals surface area contributed by atoms with Crippen molar-refractivity contribution in [1.82, 2.24) is 35.0 Å². The number of imidazole rings is 1. The van der Waals surface area contributed by atoms with Crippen LogP contribution in [0.15, 0.2) is 55.0 Å². The monoisotopic (exact) mass is 487 g/mol. The first-order chi connectivity index (χ1) is 17.0. The quantitative estimate of drug-likeness (QED) is 0.329. The molecule has 174 valence electrons. The number of halogens is 2. The smallest absolute Gasteiger partial charge is 0.177 e. The number of hydrogen-bond acceptors (Lipinski definition) is 6. The number of aromatic nitrogens is 6. The van der Waals surface area contributed by atoms with Crippen molar-refractivity contribution in [3.63, 3.8) is 0 Å². The van der Waals surface area contributed by atoms with Gasteiger partial charge in [0.15, 0.2) is 11.0 Å². The molecule has 6 aromatic rings. The zero-order valence-electron chi connectivity index (χ0n) is 18.8. The molecule has 5 heterocycles. The van der Waals surface area contributed by atoms with Gasteiger partial charge in [-0.15, -0.1) is 11.3 Å². The van der Waals surface area contributed by atoms with Gasteiger partial charge in [-0.3, -0.25) is 15.1 Å². The molecule has 0 unspecified atom stereocenters. The minimum Gasteiger partial charge on any atom is -0.336 e. The van der Waals surface area contributed by atoms with Gasteiger partial charge >= 0.3 is 0 Å². The van der Waals surface area contributed by atoms with Crippen molar-refractivity contribution in [1.29, 1.82) is 0 Å². The molecule has 0 saturated carbocycles. The summed E-state index contributed by atoms with van der Waals surface area (Å²) in [6, 6.07) is 10.0. The number of hydrogen-bond donors (Lipinski definition) is 2. The molecule has 0 amide bonds. The summed E-state index contributed by atoms with van der Waals surface area (Å²) >= 11 is 1.02. The largest absolute Gasteiger partial charge is 0.336 e. The molecule has 10 heteroatoms. The lowest BCUT2D eigenvalue weighted by atomic mass is 10.0. The maximum Gasteiger partial charge on any atom is 0.177 e. The molecule has 6 rings (SSSR count). The highest BCUT2D eigenvalue weighted by Gasteiger charge is 2.19. The molecule has 0 radical (unpaired) electrons. The second-order valence-corrected chi connectivity index (χ2v) is 9.55. The van der Waals surface area contributed by atoms with Gasteiger partial charge in [-0.1, -0.05) is 0 Å². The summed E-state index contributed by atoms with van der Waals surface area (Å²) in [7, 11) is 3.94. The fraction of sp³-hybridized carbons (Fsp3) is 0.120. The maximum absolute atomic E-state index is 15.1. The highest BCUT2D eigenvalue weighted by Crippen LogP contribution is 2.35. The van der Waals surface area contributed by atoms with Gasteiger partial charge < -0.3 is 9.88 Å². The molecule has 2 N–H and O–H groups in total. The highest BCUT2D eigenvalue weighted by molar-refractivity contribution is 7.13. The Labute approximate surface area is 202 Å². The van der Waals surface area contributed by atoms with Crippen molar-refractivity contribution < 1.29 is 8.78 Å². The fourth-order valence-electron chi connectivity index (χ4n) is 4.20. The minimum atomic E-state index is -0.368. The molecule has 0 bridgehead atoms. The van der Waals surface area contributed by atoms with Crippen LogP contribution >= 0.6 is 11.3 Å². The highest BCUT2D eigenvalue weighted by atomic mass is 32.1. The molecular weight excluding hydrogens is 468 g/mol. The van der Waals surface area contributed by atoms with Crippen molar-refractivity contribution in [3.05, 3.63) is 71.5 Å². The first-order valence-corrected chi connectivity index (χ1v) is 11.7. The average molecular weight is 488 g/mol. The Bertz CT molecular complexity index is 1700. The van der Waals surface area contributed by atoms with E-state index >= 15 is 4.39 Å². The number of H-pyrrole nitrogens is 2. The summed E-state index contributed by atoms with van der Waals surface area (Å²) < 4.78 is 28.7. The number of benzene rings is 1. The third-order valence-electron chi connectivity index (χ3n) is 5.69. The minimum absolute atomic E-state index is 0.286. The Balaban J connectivity index is 1.48. The second-order valence-electron chi connectivity index (χ2n) is 8.51. The summed E-state index contributed by atoms with van der Waals surface area (Å²) in [5, 5.41) is 7.75. The Morgan fingerprint density at radius 1 is 1.00 bits per heavy atom. The van der Waals surface area contributed by atoms with E-state index in [1.165, 1.54) is 12.1 Å². The van der Waals surface area contributed by atoms with Crippen molar-refractivity contribution in [3.8, 4) is 33.2 Å². The van der Waals surface area contributed by atoms with Gasteiger partial charge in [-0.05, 0) is 50.0 Å². The first kappa shape index (κ1) is 21.5. The van der Waals surface area contributed by atoms with Crippen LogP contribution in [-0.4, -0.2) is 49.1 Å². The van der Waals surface area contributed by atoms with E-state index in [9.17, 15) is 4.39 Å². The van der Waals surface area contributed by atoms with Crippen LogP contribution in [-0.2, 0) is 6.54 Å². The topological polar surface area (TPSA) is 86.4 Å². The Hall–Kier alpha value is -4.02. The van der Waals surface area contributed by atoms with Gasteiger partial charge in [0.05, 0.1) is 15.9 Å². The van der Waals surface area contributed by atoms with Gasteiger partial charge in [-0.25, -0.2) is 9.37 Å². The van der Waals surface area contributed by atoms with Crippen molar-refractivity contribution >= 4 is 33.3 Å². The number of fused-ring (bicyclic) bond motifs is 2. The lowest BCUT2D eigenvalue weighted by molar-refractivity contribution is 0.402. The summed E-state index contributed by atoms with van der Waals surface area (Å²) in [4.78, 5) is 19.5. The lowest BCUT2D eigenvalue weighted by Gasteiger charge is -2.11. The number of thiophene rings is 1. The second kappa shape index (κ2) is 8.33. The molecule has 35 heavy (non-hydrogen) atoms. The van der Waals surface area contributed by atoms with E-state index in [4.69, 9.17) is 4.98 Å². The van der Waals surface area contributed by atoms with Crippen LogP contribution in [0.5, 0.6) is 0 Å². The molecule has 0 atom stereocenters. The molecule has 0 fully saturated rings. The SMILES string of the molecule is CN(C)Cc1cncc(-c2cc3c(-c4nc5c(-c6ccc(F)s6)nccc5[nH]4)n[nH]c3cc2F)c1. The van der Waals surface area contributed by atoms with Crippen LogP contribution in [0.2, 0.25) is 0 Å². The van der Waals surface area contributed by atoms with E-state index in [1.54, 1.807) is 36.8 Å². The molecule has 0 spiro atoms. The molecule has 0 saturated heterocycles. The molecule has 7 nitrogen and oxygen atoms in total. The van der Waals surface area contributed by atoms with Crippen LogP contribution in [0, 0.1) is 10.9 Å². The molecule has 1 aromatic carbocycles. The standard InChI is InChI=1S/C25H19F2N7S/c1-34(2)12-13-7-14(11-28-10-13)15-8-16-19(9-17(15)26)32-33-22(16)25-30-18-5-6-29-24(23(18)31-25)20-3-4-21(27)35-20/h3-11H,12H2,1-2H3,(H,30,31)(H,32,33). The van der Waals surface area contributed by atoms with E-state index in [0.29, 0.717) is 50.8 Å². The molecule has 0 aliphatic heterocycles. The third kappa shape index (κ3) is 3.86. The van der Waals surface area contributed by atoms with Gasteiger partial charge in [0.2, 0.25) is 0 Å². The van der Waals surface area contributed by atoms with Crippen LogP contribution in [0.3, 0.4) is 0 Å². The predicted octanol–water partition coefficient (Wildman–Crippen LogP) is 5.63. The summed E-state index contributed by atoms with van der Waals surface area (Å²) in [6.07, 6.45) is 5.09. The molecule has 0 aliphatic carbocycles. The Kier molecular flexibility index (Phi) is 5.12. The summed E-state index contributed by atoms with van der Waals surface area (Å²) in [5.41, 5.74) is 5.17. The van der Waals surface area contributed by atoms with Crippen molar-refractivity contribution in [2.45, 2.75) is 6.54 Å². The van der Waals surface area contributed by atoms with Crippen LogP contribution in [0.25, 0.3) is 55.2 Å². The zero-order valence-corrected chi connectivity index (χ0v) is 19.6. The number of nitrogens with zero attached hydrogens (tertiary/aromatic N) is 5. The predicted molar refractivity (Wildman–Crippen MR) is 133 cm³/mol. The van der Waals surface area contributed by atoms with Crippen LogP contribution in [0.4, 0.5) is 8.78 Å². The van der Waals surface area contributed by atoms with Crippen LogP contribution < -0.4 is 0 Å². The van der Waals surface area contributed by atoms with E-state index < -0.39 is 0 Å². The summed E-state index contributed by atoms with van der Waals surface area (Å²) in [6.45, 7) is 0.700. The summed E-state index contributed by atoms with van der Waals surface area (Å²) in [5.74, 6) is 0.141. The number of aromatic amines is 2. The normalized spacial score (nSPS) is 11.8. The lowest BCUT2D eigenvalue weighted by Crippen LogP contribution is -2.10. The van der Waals surface area contributed by atoms with E-state index in [2.05, 4.69) is 25.1 Å². The van der Waals surface area contributed by atoms with Gasteiger partial charge in [-0.2, -0.15) is 9.49 Å². The average Bonchev–Trinajstić information content (AvgIpc) is 3.55. The van der Waals surface area contributed by atoms with E-state index in [1.807, 2.05) is 25.1 Å². The van der Waals surface area contributed by atoms with Crippen molar-refractivity contribution in [2.75, 3.05) is 14.1 Å². The van der Waals surface area contributed by atoms with Gasteiger partial charge in [0.25, 0.3) is 0 Å². The Morgan fingerprint density at radius 2 is 1.89 bits per heavy atom. The van der Waals surface area contributed by atoms with Crippen LogP contribution in [0.1, 0.15) is 5.56 Å². The number of rotatable bonds is 5. The zero-order chi connectivity index (χ0) is 24.1. The van der Waals surface area contributed by atoms with Gasteiger partial charge in [0.1, 0.15) is 22.7 Å². The number of pyridine rings is 2. The van der Waals surface area contributed by atoms with E-state index in [0.717, 1.165) is 27.8 Å². The van der Waals surface area contributed by atoms with Gasteiger partial charge in [0, 0.05) is 47.7 Å². The molecular formula is C25H19F2N7S. The van der Waals surface area contributed by atoms with Crippen molar-refractivity contribution in [2.24, 2.45) is 0 Å². The first-order valence-electron chi connectivity index (χ1n) is 10.8. The third-order valence-corrected chi connectivity index (χ3v) is 6.57. The Morgan fingerprint density at radius 3 is 2.69 bits per heavy atom. The fourth-order valence-corrected chi connectivity index (χ4v) is 4.92. The maximum atomic E-state index is 15.1.